The number of β-amino-alcohol motifs (C(OH)–C–C–N with tert-alkyl or cyclic N) is 1. The number of rotatable bonds is 2. The summed E-state index contributed by atoms with van der Waals surface area (Å²) >= 11 is 0. The Balaban J connectivity index is 1.77. The molecule has 1 aromatic heterocycles. The number of aryl methyl sites for hydroxylation is 1. The number of likely N-dealkylation sites (tertiary alicyclic amines) is 1. The first-order valence-corrected chi connectivity index (χ1v) is 7.41. The number of hydrogen-bond acceptors (Lipinski definition) is 3. The van der Waals surface area contributed by atoms with E-state index < -0.39 is 5.60 Å². The number of hydrogen-bond donors (Lipinski definition) is 1. The highest BCUT2D eigenvalue weighted by molar-refractivity contribution is 5.88. The molecule has 1 aromatic carbocycles. The van der Waals surface area contributed by atoms with Gasteiger partial charge >= 0.3 is 0 Å². The first-order chi connectivity index (χ1) is 9.94. The van der Waals surface area contributed by atoms with Crippen molar-refractivity contribution in [1.29, 1.82) is 0 Å². The second-order valence-corrected chi connectivity index (χ2v) is 6.35. The van der Waals surface area contributed by atoms with E-state index in [0.717, 1.165) is 41.5 Å². The van der Waals surface area contributed by atoms with E-state index in [4.69, 9.17) is 4.42 Å². The van der Waals surface area contributed by atoms with Crippen molar-refractivity contribution in [3.8, 4) is 0 Å². The molecule has 1 aliphatic rings. The lowest BCUT2D eigenvalue weighted by Gasteiger charge is -2.36. The molecule has 1 saturated heterocycles. The minimum Gasteiger partial charge on any atom is -0.464 e. The third kappa shape index (κ3) is 2.95. The molecule has 2 heterocycles. The molecule has 1 N–H and O–H groups in total. The molecule has 1 amide bonds. The van der Waals surface area contributed by atoms with Gasteiger partial charge in [0, 0.05) is 24.0 Å². The standard InChI is InChI=1S/C17H21NO3/c1-12-4-5-14-13(10-21-15(14)8-12)9-16(19)18-7-3-6-17(2,20)11-18/h4-5,8,10,20H,3,6-7,9,11H2,1-2H3. The molecule has 21 heavy (non-hydrogen) atoms. The number of carbonyl (C=O) groups excluding carboxylic acids is 1. The van der Waals surface area contributed by atoms with Crippen molar-refractivity contribution in [2.75, 3.05) is 13.1 Å². The Morgan fingerprint density at radius 2 is 2.29 bits per heavy atom. The van der Waals surface area contributed by atoms with E-state index in [-0.39, 0.29) is 5.91 Å². The maximum Gasteiger partial charge on any atom is 0.227 e. The van der Waals surface area contributed by atoms with Crippen LogP contribution in [0.3, 0.4) is 0 Å². The average Bonchev–Trinajstić information content (AvgIpc) is 2.80. The molecule has 0 saturated carbocycles. The predicted molar refractivity (Wildman–Crippen MR) is 81.1 cm³/mol. The monoisotopic (exact) mass is 287 g/mol. The largest absolute Gasteiger partial charge is 0.464 e. The van der Waals surface area contributed by atoms with Crippen molar-refractivity contribution >= 4 is 16.9 Å². The molecule has 4 nitrogen and oxygen atoms in total. The van der Waals surface area contributed by atoms with E-state index in [2.05, 4.69) is 0 Å². The fraction of sp³-hybridized carbons (Fsp3) is 0.471. The van der Waals surface area contributed by atoms with E-state index in [1.54, 1.807) is 18.1 Å². The summed E-state index contributed by atoms with van der Waals surface area (Å²) in [5.41, 5.74) is 2.12. The summed E-state index contributed by atoms with van der Waals surface area (Å²) in [6.07, 6.45) is 3.60. The number of carbonyl (C=O) groups is 1. The first kappa shape index (κ1) is 14.1. The highest BCUT2D eigenvalue weighted by Gasteiger charge is 2.31. The lowest BCUT2D eigenvalue weighted by Crippen LogP contribution is -2.49. The Kier molecular flexibility index (Phi) is 3.49. The molecule has 4 heteroatoms. The number of nitrogens with zero attached hydrogens (tertiary/aromatic N) is 1. The van der Waals surface area contributed by atoms with Gasteiger partial charge in [-0.3, -0.25) is 4.79 Å². The third-order valence-electron chi connectivity index (χ3n) is 4.18. The fourth-order valence-corrected chi connectivity index (χ4v) is 3.03. The molecule has 1 atom stereocenters. The Labute approximate surface area is 124 Å². The van der Waals surface area contributed by atoms with E-state index in [0.29, 0.717) is 13.0 Å². The van der Waals surface area contributed by atoms with Gasteiger partial charge in [-0.05, 0) is 38.3 Å². The molecule has 0 spiro atoms. The zero-order chi connectivity index (χ0) is 15.0. The molecule has 1 unspecified atom stereocenters. The van der Waals surface area contributed by atoms with Crippen LogP contribution in [0.15, 0.2) is 28.9 Å². The number of aliphatic hydroxyl groups is 1. The summed E-state index contributed by atoms with van der Waals surface area (Å²) in [4.78, 5) is 14.2. The predicted octanol–water partition coefficient (Wildman–Crippen LogP) is 2.66. The summed E-state index contributed by atoms with van der Waals surface area (Å²) in [6, 6.07) is 6.01. The van der Waals surface area contributed by atoms with Crippen molar-refractivity contribution in [3.05, 3.63) is 35.6 Å². The zero-order valence-corrected chi connectivity index (χ0v) is 12.6. The van der Waals surface area contributed by atoms with Crippen LogP contribution in [-0.2, 0) is 11.2 Å². The number of benzene rings is 1. The summed E-state index contributed by atoms with van der Waals surface area (Å²) in [5.74, 6) is 0.0539. The van der Waals surface area contributed by atoms with Crippen LogP contribution >= 0.6 is 0 Å². The lowest BCUT2D eigenvalue weighted by atomic mass is 9.94. The second-order valence-electron chi connectivity index (χ2n) is 6.35. The summed E-state index contributed by atoms with van der Waals surface area (Å²) < 4.78 is 5.54. The highest BCUT2D eigenvalue weighted by atomic mass is 16.3. The maximum absolute atomic E-state index is 12.4. The van der Waals surface area contributed by atoms with Crippen LogP contribution in [0.2, 0.25) is 0 Å². The smallest absolute Gasteiger partial charge is 0.227 e. The fourth-order valence-electron chi connectivity index (χ4n) is 3.03. The molecule has 0 aliphatic carbocycles. The van der Waals surface area contributed by atoms with Gasteiger partial charge in [0.25, 0.3) is 0 Å². The average molecular weight is 287 g/mol. The van der Waals surface area contributed by atoms with E-state index in [1.165, 1.54) is 0 Å². The van der Waals surface area contributed by atoms with Crippen LogP contribution in [0.5, 0.6) is 0 Å². The van der Waals surface area contributed by atoms with Gasteiger partial charge in [0.05, 0.1) is 18.3 Å². The number of piperidine rings is 1. The Morgan fingerprint density at radius 1 is 1.48 bits per heavy atom. The normalized spacial score (nSPS) is 22.7. The Bertz CT molecular complexity index is 672. The number of fused-ring (bicyclic) bond motifs is 1. The van der Waals surface area contributed by atoms with Crippen LogP contribution in [0, 0.1) is 6.92 Å². The number of furan rings is 1. The van der Waals surface area contributed by atoms with Gasteiger partial charge in [0.15, 0.2) is 0 Å². The molecule has 3 rings (SSSR count). The lowest BCUT2D eigenvalue weighted by molar-refractivity contribution is -0.136. The van der Waals surface area contributed by atoms with Crippen LogP contribution in [0.25, 0.3) is 11.0 Å². The van der Waals surface area contributed by atoms with Gasteiger partial charge < -0.3 is 14.4 Å². The van der Waals surface area contributed by atoms with E-state index in [9.17, 15) is 9.90 Å². The maximum atomic E-state index is 12.4. The zero-order valence-electron chi connectivity index (χ0n) is 12.6. The van der Waals surface area contributed by atoms with Crippen molar-refractivity contribution in [2.24, 2.45) is 0 Å². The second kappa shape index (κ2) is 5.19. The molecule has 112 valence electrons. The minimum absolute atomic E-state index is 0.0539. The molecule has 1 aliphatic heterocycles. The van der Waals surface area contributed by atoms with Crippen molar-refractivity contribution in [1.82, 2.24) is 4.90 Å². The SMILES string of the molecule is Cc1ccc2c(CC(=O)N3CCCC(C)(O)C3)coc2c1. The molecular weight excluding hydrogens is 266 g/mol. The van der Waals surface area contributed by atoms with Crippen molar-refractivity contribution in [3.63, 3.8) is 0 Å². The van der Waals surface area contributed by atoms with Crippen LogP contribution in [0.1, 0.15) is 30.9 Å². The van der Waals surface area contributed by atoms with Crippen LogP contribution in [-0.4, -0.2) is 34.6 Å². The molecule has 2 aromatic rings. The van der Waals surface area contributed by atoms with Gasteiger partial charge in [0.2, 0.25) is 5.91 Å². The van der Waals surface area contributed by atoms with E-state index >= 15 is 0 Å². The van der Waals surface area contributed by atoms with Gasteiger partial charge in [0.1, 0.15) is 5.58 Å². The van der Waals surface area contributed by atoms with Gasteiger partial charge in [-0.25, -0.2) is 0 Å². The van der Waals surface area contributed by atoms with Gasteiger partial charge in [-0.2, -0.15) is 0 Å². The van der Waals surface area contributed by atoms with E-state index in [1.807, 2.05) is 25.1 Å². The van der Waals surface area contributed by atoms with Gasteiger partial charge in [-0.1, -0.05) is 12.1 Å². The Hall–Kier alpha value is -1.81. The summed E-state index contributed by atoms with van der Waals surface area (Å²) in [6.45, 7) is 4.95. The van der Waals surface area contributed by atoms with Crippen LogP contribution in [0.4, 0.5) is 0 Å². The number of amides is 1. The Morgan fingerprint density at radius 3 is 3.05 bits per heavy atom. The molecule has 0 bridgehead atoms. The van der Waals surface area contributed by atoms with Crippen molar-refractivity contribution < 1.29 is 14.3 Å². The topological polar surface area (TPSA) is 53.7 Å². The molecular formula is C17H21NO3. The van der Waals surface area contributed by atoms with Crippen molar-refractivity contribution in [2.45, 2.75) is 38.7 Å². The quantitative estimate of drug-likeness (QED) is 0.924. The first-order valence-electron chi connectivity index (χ1n) is 7.41. The molecule has 1 fully saturated rings. The summed E-state index contributed by atoms with van der Waals surface area (Å²) in [7, 11) is 0. The summed E-state index contributed by atoms with van der Waals surface area (Å²) in [5, 5.41) is 11.1. The molecule has 0 radical (unpaired) electrons. The third-order valence-corrected chi connectivity index (χ3v) is 4.18. The van der Waals surface area contributed by atoms with Gasteiger partial charge in [-0.15, -0.1) is 0 Å². The highest BCUT2D eigenvalue weighted by Crippen LogP contribution is 2.25. The minimum atomic E-state index is -0.760. The van der Waals surface area contributed by atoms with Crippen LogP contribution < -0.4 is 0 Å².